The van der Waals surface area contributed by atoms with Crippen LogP contribution in [0.3, 0.4) is 0 Å². The van der Waals surface area contributed by atoms with E-state index in [1.54, 1.807) is 6.33 Å². The number of aromatic nitrogens is 2. The Labute approximate surface area is 156 Å². The first-order valence-electron chi connectivity index (χ1n) is 9.28. The lowest BCUT2D eigenvalue weighted by atomic mass is 10.0. The van der Waals surface area contributed by atoms with E-state index in [-0.39, 0.29) is 0 Å². The van der Waals surface area contributed by atoms with E-state index < -0.39 is 0 Å². The molecule has 0 bridgehead atoms. The largest absolute Gasteiger partial charge is 0.306 e. The Morgan fingerprint density at radius 2 is 1.38 bits per heavy atom. The smallest absolute Gasteiger partial charge is 0.115 e. The Balaban J connectivity index is 1.57. The number of benzene rings is 2. The van der Waals surface area contributed by atoms with Crippen molar-refractivity contribution in [2.45, 2.75) is 39.8 Å². The van der Waals surface area contributed by atoms with Crippen LogP contribution in [0.4, 0.5) is 0 Å². The highest BCUT2D eigenvalue weighted by Gasteiger charge is 2.06. The summed E-state index contributed by atoms with van der Waals surface area (Å²) in [4.78, 5) is 8.16. The highest BCUT2D eigenvalue weighted by molar-refractivity contribution is 5.61. The summed E-state index contributed by atoms with van der Waals surface area (Å²) in [6.45, 7) is 7.59. The van der Waals surface area contributed by atoms with Gasteiger partial charge in [0, 0.05) is 30.5 Å². The molecule has 0 spiro atoms. The lowest BCUT2D eigenvalue weighted by Gasteiger charge is -2.15. The van der Waals surface area contributed by atoms with E-state index in [0.29, 0.717) is 12.0 Å². The lowest BCUT2D eigenvalue weighted by Crippen LogP contribution is -2.18. The Kier molecular flexibility index (Phi) is 6.13. The Morgan fingerprint density at radius 3 is 2.00 bits per heavy atom. The van der Waals surface area contributed by atoms with Crippen molar-refractivity contribution < 1.29 is 0 Å². The van der Waals surface area contributed by atoms with Crippen LogP contribution in [0, 0.1) is 5.92 Å². The van der Waals surface area contributed by atoms with Gasteiger partial charge < -0.3 is 5.32 Å². The Bertz CT molecular complexity index is 793. The quantitative estimate of drug-likeness (QED) is 0.640. The maximum atomic E-state index is 4.08. The van der Waals surface area contributed by atoms with Gasteiger partial charge in [-0.3, -0.25) is 0 Å². The summed E-state index contributed by atoms with van der Waals surface area (Å²) in [5.74, 6) is 0.699. The summed E-state index contributed by atoms with van der Waals surface area (Å²) in [7, 11) is 0. The number of nitrogens with zero attached hydrogens (tertiary/aromatic N) is 2. The van der Waals surface area contributed by atoms with Gasteiger partial charge in [-0.15, -0.1) is 0 Å². The third-order valence-electron chi connectivity index (χ3n) is 4.58. The van der Waals surface area contributed by atoms with Crippen LogP contribution in [-0.2, 0) is 13.0 Å². The first-order valence-corrected chi connectivity index (χ1v) is 9.28. The molecule has 1 aromatic heterocycles. The predicted octanol–water partition coefficient (Wildman–Crippen LogP) is 5.19. The molecule has 0 fully saturated rings. The standard InChI is InChI=1S/C23H27N3/c1-17(2)12-19-4-6-20(7-5-19)13-26-18(3)21-8-10-22(11-9-21)23-14-24-16-25-15-23/h4-11,14-18,26H,12-13H2,1-3H3/t18-/m1/s1. The van der Waals surface area contributed by atoms with E-state index >= 15 is 0 Å². The van der Waals surface area contributed by atoms with Crippen molar-refractivity contribution in [3.63, 3.8) is 0 Å². The minimum Gasteiger partial charge on any atom is -0.306 e. The van der Waals surface area contributed by atoms with Gasteiger partial charge in [0.25, 0.3) is 0 Å². The molecule has 3 rings (SSSR count). The van der Waals surface area contributed by atoms with Crippen molar-refractivity contribution in [3.05, 3.63) is 83.9 Å². The second kappa shape index (κ2) is 8.72. The van der Waals surface area contributed by atoms with Crippen molar-refractivity contribution >= 4 is 0 Å². The average molecular weight is 345 g/mol. The van der Waals surface area contributed by atoms with E-state index in [0.717, 1.165) is 24.1 Å². The van der Waals surface area contributed by atoms with Crippen molar-refractivity contribution in [2.75, 3.05) is 0 Å². The maximum Gasteiger partial charge on any atom is 0.115 e. The molecule has 134 valence electrons. The molecular formula is C23H27N3. The molecule has 0 aliphatic heterocycles. The van der Waals surface area contributed by atoms with E-state index in [1.807, 2.05) is 12.4 Å². The summed E-state index contributed by atoms with van der Waals surface area (Å²) in [6, 6.07) is 17.9. The molecule has 3 nitrogen and oxygen atoms in total. The number of hydrogen-bond acceptors (Lipinski definition) is 3. The summed E-state index contributed by atoms with van der Waals surface area (Å²) >= 11 is 0. The zero-order valence-electron chi connectivity index (χ0n) is 15.8. The zero-order valence-corrected chi connectivity index (χ0v) is 15.8. The van der Waals surface area contributed by atoms with Crippen LogP contribution in [0.2, 0.25) is 0 Å². The first kappa shape index (κ1) is 18.3. The maximum absolute atomic E-state index is 4.08. The van der Waals surface area contributed by atoms with Gasteiger partial charge in [0.15, 0.2) is 0 Å². The molecular weight excluding hydrogens is 318 g/mol. The molecule has 26 heavy (non-hydrogen) atoms. The van der Waals surface area contributed by atoms with Crippen LogP contribution in [0.1, 0.15) is 43.5 Å². The third-order valence-corrected chi connectivity index (χ3v) is 4.58. The second-order valence-electron chi connectivity index (χ2n) is 7.27. The molecule has 0 aliphatic carbocycles. The van der Waals surface area contributed by atoms with Crippen molar-refractivity contribution in [2.24, 2.45) is 5.92 Å². The van der Waals surface area contributed by atoms with E-state index in [9.17, 15) is 0 Å². The van der Waals surface area contributed by atoms with Crippen LogP contribution >= 0.6 is 0 Å². The Hall–Kier alpha value is -2.52. The van der Waals surface area contributed by atoms with E-state index in [4.69, 9.17) is 0 Å². The molecule has 3 heteroatoms. The summed E-state index contributed by atoms with van der Waals surface area (Å²) in [6.07, 6.45) is 6.38. The molecule has 0 saturated heterocycles. The predicted molar refractivity (Wildman–Crippen MR) is 108 cm³/mol. The van der Waals surface area contributed by atoms with Gasteiger partial charge >= 0.3 is 0 Å². The zero-order chi connectivity index (χ0) is 18.4. The summed E-state index contributed by atoms with van der Waals surface area (Å²) in [5, 5.41) is 3.61. The second-order valence-corrected chi connectivity index (χ2v) is 7.27. The van der Waals surface area contributed by atoms with Crippen molar-refractivity contribution in [1.82, 2.24) is 15.3 Å². The molecule has 0 amide bonds. The third kappa shape index (κ3) is 4.99. The molecule has 0 saturated carbocycles. The van der Waals surface area contributed by atoms with Crippen LogP contribution < -0.4 is 5.32 Å². The van der Waals surface area contributed by atoms with Crippen LogP contribution in [0.25, 0.3) is 11.1 Å². The van der Waals surface area contributed by atoms with Gasteiger partial charge in [-0.05, 0) is 41.5 Å². The number of nitrogens with one attached hydrogen (secondary N) is 1. The van der Waals surface area contributed by atoms with Crippen molar-refractivity contribution in [3.8, 4) is 11.1 Å². The average Bonchev–Trinajstić information content (AvgIpc) is 2.67. The molecule has 3 aromatic rings. The minimum absolute atomic E-state index is 0.298. The number of rotatable bonds is 7. The minimum atomic E-state index is 0.298. The first-order chi connectivity index (χ1) is 12.6. The summed E-state index contributed by atoms with van der Waals surface area (Å²) < 4.78 is 0. The lowest BCUT2D eigenvalue weighted by molar-refractivity contribution is 0.574. The highest BCUT2D eigenvalue weighted by atomic mass is 14.9. The molecule has 0 radical (unpaired) electrons. The van der Waals surface area contributed by atoms with E-state index in [2.05, 4.69) is 84.6 Å². The molecule has 0 aliphatic rings. The van der Waals surface area contributed by atoms with Gasteiger partial charge in [0.2, 0.25) is 0 Å². The summed E-state index contributed by atoms with van der Waals surface area (Å²) in [5.41, 5.74) is 6.20. The molecule has 2 aromatic carbocycles. The van der Waals surface area contributed by atoms with Crippen molar-refractivity contribution in [1.29, 1.82) is 0 Å². The van der Waals surface area contributed by atoms with Gasteiger partial charge in [-0.1, -0.05) is 62.4 Å². The van der Waals surface area contributed by atoms with Crippen LogP contribution in [-0.4, -0.2) is 9.97 Å². The van der Waals surface area contributed by atoms with Gasteiger partial charge in [-0.25, -0.2) is 9.97 Å². The highest BCUT2D eigenvalue weighted by Crippen LogP contribution is 2.21. The van der Waals surface area contributed by atoms with Gasteiger partial charge in [0.05, 0.1) is 0 Å². The molecule has 1 atom stereocenters. The van der Waals surface area contributed by atoms with Crippen LogP contribution in [0.5, 0.6) is 0 Å². The molecule has 1 N–H and O–H groups in total. The fraction of sp³-hybridized carbons (Fsp3) is 0.304. The topological polar surface area (TPSA) is 37.8 Å². The fourth-order valence-electron chi connectivity index (χ4n) is 3.07. The van der Waals surface area contributed by atoms with Gasteiger partial charge in [0.1, 0.15) is 6.33 Å². The molecule has 0 unspecified atom stereocenters. The molecule has 1 heterocycles. The fourth-order valence-corrected chi connectivity index (χ4v) is 3.07. The number of hydrogen-bond donors (Lipinski definition) is 1. The van der Waals surface area contributed by atoms with Gasteiger partial charge in [-0.2, -0.15) is 0 Å². The van der Waals surface area contributed by atoms with Crippen LogP contribution in [0.15, 0.2) is 67.3 Å². The SMILES string of the molecule is CC(C)Cc1ccc(CN[C@H](C)c2ccc(-c3cncnc3)cc2)cc1. The monoisotopic (exact) mass is 345 g/mol. The Morgan fingerprint density at radius 1 is 0.769 bits per heavy atom. The van der Waals surface area contributed by atoms with E-state index in [1.165, 1.54) is 16.7 Å². The normalized spacial score (nSPS) is 12.3.